The van der Waals surface area contributed by atoms with Crippen LogP contribution in [0.2, 0.25) is 0 Å². The second kappa shape index (κ2) is 3.77. The van der Waals surface area contributed by atoms with Crippen molar-refractivity contribution in [2.75, 3.05) is 0 Å². The molecule has 0 spiro atoms. The number of benzene rings is 1. The Labute approximate surface area is 89.3 Å². The first-order valence-electron chi connectivity index (χ1n) is 4.82. The van der Waals surface area contributed by atoms with Crippen molar-refractivity contribution >= 4 is 0 Å². The van der Waals surface area contributed by atoms with E-state index in [-0.39, 0.29) is 0 Å². The van der Waals surface area contributed by atoms with Crippen molar-refractivity contribution in [1.29, 1.82) is 0 Å². The number of aryl methyl sites for hydroxylation is 2. The van der Waals surface area contributed by atoms with Gasteiger partial charge in [-0.2, -0.15) is 5.10 Å². The maximum Gasteiger partial charge on any atom is 0.218 e. The molecular formula is C12H13N2O. The molecule has 1 aromatic carbocycles. The van der Waals surface area contributed by atoms with Crippen LogP contribution in [-0.4, -0.2) is 9.78 Å². The van der Waals surface area contributed by atoms with Gasteiger partial charge in [-0.15, -0.1) is 0 Å². The molecule has 0 N–H and O–H groups in total. The molecular weight excluding hydrogens is 188 g/mol. The molecule has 0 atom stereocenters. The zero-order valence-corrected chi connectivity index (χ0v) is 9.11. The zero-order valence-electron chi connectivity index (χ0n) is 9.11. The molecule has 0 saturated carbocycles. The summed E-state index contributed by atoms with van der Waals surface area (Å²) in [6.45, 7) is 4.11. The van der Waals surface area contributed by atoms with E-state index in [2.05, 4.69) is 24.3 Å². The monoisotopic (exact) mass is 201 g/mol. The topological polar surface area (TPSA) is 27.1 Å². The Morgan fingerprint density at radius 3 is 2.80 bits per heavy atom. The second-order valence-corrected chi connectivity index (χ2v) is 3.54. The fourth-order valence-corrected chi connectivity index (χ4v) is 1.36. The maximum atomic E-state index is 5.73. The highest BCUT2D eigenvalue weighted by atomic mass is 16.5. The van der Waals surface area contributed by atoms with E-state index < -0.39 is 0 Å². The summed E-state index contributed by atoms with van der Waals surface area (Å²) >= 11 is 0. The van der Waals surface area contributed by atoms with Crippen LogP contribution in [0.25, 0.3) is 0 Å². The number of hydrogen-bond acceptors (Lipinski definition) is 2. The molecule has 0 aliphatic carbocycles. The molecule has 1 radical (unpaired) electrons. The van der Waals surface area contributed by atoms with Gasteiger partial charge in [0.15, 0.2) is 0 Å². The van der Waals surface area contributed by atoms with E-state index in [4.69, 9.17) is 4.74 Å². The predicted octanol–water partition coefficient (Wildman–Crippen LogP) is 2.63. The first-order valence-corrected chi connectivity index (χ1v) is 4.82. The van der Waals surface area contributed by atoms with Crippen LogP contribution >= 0.6 is 0 Å². The average molecular weight is 201 g/mol. The van der Waals surface area contributed by atoms with Crippen LogP contribution in [-0.2, 0) is 7.05 Å². The van der Waals surface area contributed by atoms with Crippen molar-refractivity contribution < 1.29 is 4.74 Å². The van der Waals surface area contributed by atoms with E-state index in [9.17, 15) is 0 Å². The van der Waals surface area contributed by atoms with Gasteiger partial charge in [-0.25, -0.2) is 4.68 Å². The normalized spacial score (nSPS) is 10.3. The molecule has 0 saturated heterocycles. The third-order valence-corrected chi connectivity index (χ3v) is 2.48. The summed E-state index contributed by atoms with van der Waals surface area (Å²) in [6, 6.07) is 7.73. The Kier molecular flexibility index (Phi) is 2.46. The van der Waals surface area contributed by atoms with Crippen LogP contribution in [0.3, 0.4) is 0 Å². The third-order valence-electron chi connectivity index (χ3n) is 2.48. The predicted molar refractivity (Wildman–Crippen MR) is 58.0 cm³/mol. The average Bonchev–Trinajstić information content (AvgIpc) is 2.60. The Bertz CT molecular complexity index is 474. The zero-order chi connectivity index (χ0) is 10.8. The molecule has 2 rings (SSSR count). The van der Waals surface area contributed by atoms with Gasteiger partial charge in [0.2, 0.25) is 5.88 Å². The summed E-state index contributed by atoms with van der Waals surface area (Å²) in [6.07, 6.45) is 2.74. The van der Waals surface area contributed by atoms with E-state index in [0.29, 0.717) is 5.88 Å². The van der Waals surface area contributed by atoms with Gasteiger partial charge in [-0.3, -0.25) is 0 Å². The number of hydrogen-bond donors (Lipinski definition) is 0. The summed E-state index contributed by atoms with van der Waals surface area (Å²) in [7, 11) is 1.83. The van der Waals surface area contributed by atoms with Crippen molar-refractivity contribution in [3.05, 3.63) is 41.6 Å². The van der Waals surface area contributed by atoms with Gasteiger partial charge >= 0.3 is 0 Å². The fourth-order valence-electron chi connectivity index (χ4n) is 1.36. The second-order valence-electron chi connectivity index (χ2n) is 3.54. The van der Waals surface area contributed by atoms with Crippen LogP contribution in [0.5, 0.6) is 11.6 Å². The van der Waals surface area contributed by atoms with E-state index in [1.54, 1.807) is 10.7 Å². The highest BCUT2D eigenvalue weighted by molar-refractivity contribution is 5.40. The smallest absolute Gasteiger partial charge is 0.218 e. The molecule has 15 heavy (non-hydrogen) atoms. The standard InChI is InChI=1S/C12H13N2O/c1-9-5-4-6-11(10(9)2)15-12-7-8-13-14(12)3/h4-7H,1-3H3. The number of ether oxygens (including phenoxy) is 1. The molecule has 0 aliphatic rings. The fraction of sp³-hybridized carbons (Fsp3) is 0.250. The van der Waals surface area contributed by atoms with Gasteiger partial charge in [0.1, 0.15) is 11.9 Å². The first kappa shape index (κ1) is 9.77. The Morgan fingerprint density at radius 2 is 2.13 bits per heavy atom. The lowest BCUT2D eigenvalue weighted by Gasteiger charge is -2.09. The summed E-state index contributed by atoms with van der Waals surface area (Å²) in [5, 5.41) is 3.93. The number of aromatic nitrogens is 2. The molecule has 0 amide bonds. The largest absolute Gasteiger partial charge is 0.439 e. The molecule has 0 bridgehead atoms. The van der Waals surface area contributed by atoms with Gasteiger partial charge in [-0.05, 0) is 31.0 Å². The summed E-state index contributed by atoms with van der Waals surface area (Å²) in [4.78, 5) is 0. The number of nitrogens with zero attached hydrogens (tertiary/aromatic N) is 2. The Hall–Kier alpha value is -1.77. The first-order chi connectivity index (χ1) is 7.18. The molecule has 1 aromatic heterocycles. The lowest BCUT2D eigenvalue weighted by molar-refractivity contribution is 0.427. The summed E-state index contributed by atoms with van der Waals surface area (Å²) in [5.74, 6) is 1.57. The molecule has 77 valence electrons. The van der Waals surface area contributed by atoms with Crippen molar-refractivity contribution in [1.82, 2.24) is 9.78 Å². The lowest BCUT2D eigenvalue weighted by atomic mass is 10.1. The Balaban J connectivity index is 2.33. The van der Waals surface area contributed by atoms with E-state index in [1.165, 1.54) is 5.56 Å². The van der Waals surface area contributed by atoms with Crippen LogP contribution in [0.4, 0.5) is 0 Å². The van der Waals surface area contributed by atoms with Gasteiger partial charge in [0.25, 0.3) is 0 Å². The molecule has 0 aliphatic heterocycles. The van der Waals surface area contributed by atoms with Gasteiger partial charge in [0, 0.05) is 13.1 Å². The van der Waals surface area contributed by atoms with Gasteiger partial charge in [0.05, 0.1) is 0 Å². The minimum absolute atomic E-state index is 0.698. The third kappa shape index (κ3) is 1.86. The summed E-state index contributed by atoms with van der Waals surface area (Å²) < 4.78 is 7.38. The summed E-state index contributed by atoms with van der Waals surface area (Å²) in [5.41, 5.74) is 2.37. The van der Waals surface area contributed by atoms with Crippen LogP contribution in [0.1, 0.15) is 11.1 Å². The van der Waals surface area contributed by atoms with E-state index in [0.717, 1.165) is 11.3 Å². The van der Waals surface area contributed by atoms with Crippen molar-refractivity contribution in [3.8, 4) is 11.6 Å². The van der Waals surface area contributed by atoms with Gasteiger partial charge < -0.3 is 4.74 Å². The lowest BCUT2D eigenvalue weighted by Crippen LogP contribution is -1.96. The SMILES string of the molecule is Cc1cccc(Oc2c[c]nn2C)c1C. The highest BCUT2D eigenvalue weighted by Crippen LogP contribution is 2.25. The van der Waals surface area contributed by atoms with Gasteiger partial charge in [-0.1, -0.05) is 12.1 Å². The van der Waals surface area contributed by atoms with Crippen LogP contribution < -0.4 is 4.74 Å². The quantitative estimate of drug-likeness (QED) is 0.746. The molecule has 3 nitrogen and oxygen atoms in total. The maximum absolute atomic E-state index is 5.73. The van der Waals surface area contributed by atoms with Crippen LogP contribution in [0, 0.1) is 20.0 Å². The van der Waals surface area contributed by atoms with Crippen LogP contribution in [0.15, 0.2) is 24.3 Å². The van der Waals surface area contributed by atoms with Crippen molar-refractivity contribution in [2.24, 2.45) is 7.05 Å². The molecule has 0 fully saturated rings. The number of rotatable bonds is 2. The van der Waals surface area contributed by atoms with Crippen molar-refractivity contribution in [3.63, 3.8) is 0 Å². The molecule has 3 heteroatoms. The van der Waals surface area contributed by atoms with Crippen molar-refractivity contribution in [2.45, 2.75) is 13.8 Å². The minimum Gasteiger partial charge on any atom is -0.439 e. The van der Waals surface area contributed by atoms with E-state index >= 15 is 0 Å². The minimum atomic E-state index is 0.698. The van der Waals surface area contributed by atoms with E-state index in [1.807, 2.05) is 26.1 Å². The molecule has 1 heterocycles. The highest BCUT2D eigenvalue weighted by Gasteiger charge is 2.05. The Morgan fingerprint density at radius 1 is 1.33 bits per heavy atom. The molecule has 2 aromatic rings. The molecule has 0 unspecified atom stereocenters.